The number of imidazole rings is 1. The fourth-order valence-corrected chi connectivity index (χ4v) is 4.95. The Hall–Kier alpha value is -3.45. The zero-order chi connectivity index (χ0) is 22.7. The van der Waals surface area contributed by atoms with Crippen LogP contribution in [-0.4, -0.2) is 27.9 Å². The smallest absolute Gasteiger partial charge is 0.341 e. The Kier molecular flexibility index (Phi) is 6.37. The molecule has 0 radical (unpaired) electrons. The van der Waals surface area contributed by atoms with E-state index in [1.165, 1.54) is 11.3 Å². The molecule has 0 bridgehead atoms. The molecule has 1 amide bonds. The molecule has 0 fully saturated rings. The van der Waals surface area contributed by atoms with Crippen molar-refractivity contribution < 1.29 is 14.3 Å². The summed E-state index contributed by atoms with van der Waals surface area (Å²) in [5.41, 5.74) is 4.93. The van der Waals surface area contributed by atoms with E-state index in [4.69, 9.17) is 4.74 Å². The average Bonchev–Trinajstić information content (AvgIpc) is 3.28. The van der Waals surface area contributed by atoms with E-state index < -0.39 is 5.97 Å². The van der Waals surface area contributed by atoms with Gasteiger partial charge in [0, 0.05) is 28.8 Å². The lowest BCUT2D eigenvalue weighted by Crippen LogP contribution is -2.15. The highest BCUT2D eigenvalue weighted by Gasteiger charge is 2.25. The van der Waals surface area contributed by atoms with E-state index in [-0.39, 0.29) is 18.9 Å². The van der Waals surface area contributed by atoms with Crippen LogP contribution in [0.25, 0.3) is 16.8 Å². The van der Waals surface area contributed by atoms with Gasteiger partial charge in [0.1, 0.15) is 16.2 Å². The molecule has 0 aliphatic rings. The number of nitrogens with zero attached hydrogens (tertiary/aromatic N) is 2. The number of ether oxygens (including phenoxy) is 1. The molecule has 7 heteroatoms. The summed E-state index contributed by atoms with van der Waals surface area (Å²) in [4.78, 5) is 31.2. The van der Waals surface area contributed by atoms with Crippen molar-refractivity contribution in [2.75, 3.05) is 11.9 Å². The second-order valence-electron chi connectivity index (χ2n) is 7.44. The largest absolute Gasteiger partial charge is 0.462 e. The fraction of sp³-hybridized carbons (Fsp3) is 0.240. The van der Waals surface area contributed by atoms with Gasteiger partial charge in [0.15, 0.2) is 0 Å². The normalized spacial score (nSPS) is 11.0. The first-order chi connectivity index (χ1) is 15.5. The third-order valence-electron chi connectivity index (χ3n) is 5.30. The predicted molar refractivity (Wildman–Crippen MR) is 127 cm³/mol. The van der Waals surface area contributed by atoms with Crippen LogP contribution in [0.2, 0.25) is 0 Å². The van der Waals surface area contributed by atoms with Crippen molar-refractivity contribution in [2.45, 2.75) is 33.6 Å². The van der Waals surface area contributed by atoms with Crippen LogP contribution in [0.4, 0.5) is 5.00 Å². The number of aryl methyl sites for hydroxylation is 3. The van der Waals surface area contributed by atoms with Crippen LogP contribution in [-0.2, 0) is 16.0 Å². The van der Waals surface area contributed by atoms with Gasteiger partial charge in [-0.25, -0.2) is 9.78 Å². The Labute approximate surface area is 190 Å². The number of carbonyl (C=O) groups is 2. The third-order valence-corrected chi connectivity index (χ3v) is 6.32. The molecule has 1 aromatic carbocycles. The Morgan fingerprint density at radius 2 is 1.84 bits per heavy atom. The van der Waals surface area contributed by atoms with Crippen molar-refractivity contribution >= 4 is 33.9 Å². The number of amides is 1. The summed E-state index contributed by atoms with van der Waals surface area (Å²) in [5, 5.41) is 3.49. The first kappa shape index (κ1) is 21.8. The summed E-state index contributed by atoms with van der Waals surface area (Å²) in [6.45, 7) is 5.94. The van der Waals surface area contributed by atoms with E-state index in [2.05, 4.69) is 10.3 Å². The lowest BCUT2D eigenvalue weighted by molar-refractivity contribution is -0.116. The molecule has 32 heavy (non-hydrogen) atoms. The molecule has 0 atom stereocenters. The van der Waals surface area contributed by atoms with Crippen molar-refractivity contribution in [1.82, 2.24) is 9.38 Å². The minimum atomic E-state index is -0.427. The van der Waals surface area contributed by atoms with Gasteiger partial charge >= 0.3 is 5.97 Å². The standard InChI is InChI=1S/C25H25N3O3S/c1-4-31-25(30)23-22(18-10-6-5-7-11-18)17(3)32-24(23)27-21(29)14-13-19-16(2)26-20-12-8-9-15-28(19)20/h5-12,15H,4,13-14H2,1-3H3,(H,27,29). The Balaban J connectivity index is 1.59. The zero-order valence-corrected chi connectivity index (χ0v) is 19.2. The Morgan fingerprint density at radius 3 is 2.59 bits per heavy atom. The zero-order valence-electron chi connectivity index (χ0n) is 18.3. The van der Waals surface area contributed by atoms with Crippen molar-refractivity contribution in [3.63, 3.8) is 0 Å². The van der Waals surface area contributed by atoms with Crippen LogP contribution in [0.15, 0.2) is 54.7 Å². The van der Waals surface area contributed by atoms with Crippen LogP contribution in [0.1, 0.15) is 40.0 Å². The highest BCUT2D eigenvalue weighted by atomic mass is 32.1. The molecule has 0 saturated heterocycles. The van der Waals surface area contributed by atoms with Gasteiger partial charge in [-0.05, 0) is 44.9 Å². The summed E-state index contributed by atoms with van der Waals surface area (Å²) in [5.74, 6) is -0.578. The minimum Gasteiger partial charge on any atom is -0.462 e. The first-order valence-electron chi connectivity index (χ1n) is 10.6. The van der Waals surface area contributed by atoms with Gasteiger partial charge in [-0.2, -0.15) is 0 Å². The number of hydrogen-bond donors (Lipinski definition) is 1. The molecule has 4 aromatic rings. The minimum absolute atomic E-state index is 0.151. The highest BCUT2D eigenvalue weighted by Crippen LogP contribution is 2.40. The predicted octanol–water partition coefficient (Wildman–Crippen LogP) is 5.43. The highest BCUT2D eigenvalue weighted by molar-refractivity contribution is 7.17. The number of hydrogen-bond acceptors (Lipinski definition) is 5. The molecular weight excluding hydrogens is 422 g/mol. The molecule has 4 rings (SSSR count). The molecule has 164 valence electrons. The number of anilines is 1. The molecule has 3 aromatic heterocycles. The second kappa shape index (κ2) is 9.36. The van der Waals surface area contributed by atoms with E-state index in [0.717, 1.165) is 33.0 Å². The van der Waals surface area contributed by atoms with Gasteiger partial charge < -0.3 is 14.5 Å². The fourth-order valence-electron chi connectivity index (χ4n) is 3.87. The molecule has 0 aliphatic heterocycles. The molecule has 0 saturated carbocycles. The number of benzene rings is 1. The van der Waals surface area contributed by atoms with Gasteiger partial charge in [-0.1, -0.05) is 36.4 Å². The SMILES string of the molecule is CCOC(=O)c1c(NC(=O)CCc2c(C)nc3ccccn23)sc(C)c1-c1ccccc1. The average molecular weight is 448 g/mol. The van der Waals surface area contributed by atoms with Crippen LogP contribution in [0.5, 0.6) is 0 Å². The van der Waals surface area contributed by atoms with Gasteiger partial charge in [-0.3, -0.25) is 4.79 Å². The molecule has 1 N–H and O–H groups in total. The lowest BCUT2D eigenvalue weighted by atomic mass is 10.0. The maximum atomic E-state index is 12.9. The summed E-state index contributed by atoms with van der Waals surface area (Å²) in [6.07, 6.45) is 2.78. The van der Waals surface area contributed by atoms with Crippen molar-refractivity contribution in [3.8, 4) is 11.1 Å². The quantitative estimate of drug-likeness (QED) is 0.384. The monoisotopic (exact) mass is 447 g/mol. The summed E-state index contributed by atoms with van der Waals surface area (Å²) < 4.78 is 7.32. The van der Waals surface area contributed by atoms with Crippen LogP contribution in [0, 0.1) is 13.8 Å². The number of esters is 1. The number of carbonyl (C=O) groups excluding carboxylic acids is 2. The lowest BCUT2D eigenvalue weighted by Gasteiger charge is -2.09. The molecule has 0 unspecified atom stereocenters. The molecule has 6 nitrogen and oxygen atoms in total. The van der Waals surface area contributed by atoms with Gasteiger partial charge in [-0.15, -0.1) is 11.3 Å². The number of fused-ring (bicyclic) bond motifs is 1. The Morgan fingerprint density at radius 1 is 1.09 bits per heavy atom. The third kappa shape index (κ3) is 4.29. The van der Waals surface area contributed by atoms with Crippen molar-refractivity contribution in [3.05, 3.63) is 76.6 Å². The number of thiophene rings is 1. The summed E-state index contributed by atoms with van der Waals surface area (Å²) in [7, 11) is 0. The Bertz CT molecular complexity index is 1270. The second-order valence-corrected chi connectivity index (χ2v) is 8.67. The van der Waals surface area contributed by atoms with E-state index in [9.17, 15) is 9.59 Å². The van der Waals surface area contributed by atoms with E-state index in [1.807, 2.05) is 73.0 Å². The molecular formula is C25H25N3O3S. The maximum absolute atomic E-state index is 12.9. The van der Waals surface area contributed by atoms with E-state index in [0.29, 0.717) is 17.0 Å². The first-order valence-corrected chi connectivity index (χ1v) is 11.4. The van der Waals surface area contributed by atoms with Crippen LogP contribution in [0.3, 0.4) is 0 Å². The summed E-state index contributed by atoms with van der Waals surface area (Å²) in [6, 6.07) is 15.5. The molecule has 0 spiro atoms. The van der Waals surface area contributed by atoms with Crippen molar-refractivity contribution in [1.29, 1.82) is 0 Å². The number of rotatable bonds is 7. The van der Waals surface area contributed by atoms with Crippen molar-refractivity contribution in [2.24, 2.45) is 0 Å². The number of nitrogens with one attached hydrogen (secondary N) is 1. The van der Waals surface area contributed by atoms with Gasteiger partial charge in [0.2, 0.25) is 5.91 Å². The molecule has 3 heterocycles. The molecule has 0 aliphatic carbocycles. The summed E-state index contributed by atoms with van der Waals surface area (Å²) >= 11 is 1.40. The van der Waals surface area contributed by atoms with Gasteiger partial charge in [0.05, 0.1) is 12.3 Å². The van der Waals surface area contributed by atoms with Gasteiger partial charge in [0.25, 0.3) is 0 Å². The topological polar surface area (TPSA) is 72.7 Å². The van der Waals surface area contributed by atoms with Crippen LogP contribution >= 0.6 is 11.3 Å². The van der Waals surface area contributed by atoms with E-state index in [1.54, 1.807) is 6.92 Å². The van der Waals surface area contributed by atoms with Crippen LogP contribution < -0.4 is 5.32 Å². The number of pyridine rings is 1. The maximum Gasteiger partial charge on any atom is 0.341 e. The number of aromatic nitrogens is 2. The van der Waals surface area contributed by atoms with E-state index >= 15 is 0 Å².